The minimum atomic E-state index is -0.0557. The number of carbonyl (C=O) groups is 1. The van der Waals surface area contributed by atoms with Crippen molar-refractivity contribution >= 4 is 17.7 Å². The molecule has 94 valence electrons. The molecule has 1 amide bonds. The van der Waals surface area contributed by atoms with E-state index in [1.54, 1.807) is 0 Å². The van der Waals surface area contributed by atoms with Gasteiger partial charge in [0.1, 0.15) is 6.61 Å². The third-order valence-corrected chi connectivity index (χ3v) is 3.29. The number of carbonyl (C=O) groups excluding carboxylic acids is 1. The molecule has 0 aliphatic carbocycles. The lowest BCUT2D eigenvalue weighted by atomic mass is 10.4. The van der Waals surface area contributed by atoms with Gasteiger partial charge in [0.05, 0.1) is 6.61 Å². The second kappa shape index (κ2) is 8.81. The van der Waals surface area contributed by atoms with E-state index in [1.807, 2.05) is 11.8 Å². The zero-order valence-corrected chi connectivity index (χ0v) is 10.4. The molecular formula is C10H21N3O2S. The Balaban J connectivity index is 1.94. The molecule has 16 heavy (non-hydrogen) atoms. The Hall–Kier alpha value is -0.300. The highest BCUT2D eigenvalue weighted by Gasteiger charge is 2.09. The summed E-state index contributed by atoms with van der Waals surface area (Å²) in [6.07, 6.45) is 0. The number of thioether (sulfide) groups is 1. The number of ether oxygens (including phenoxy) is 1. The predicted molar refractivity (Wildman–Crippen MR) is 66.6 cm³/mol. The van der Waals surface area contributed by atoms with Crippen LogP contribution in [-0.4, -0.2) is 68.3 Å². The van der Waals surface area contributed by atoms with Gasteiger partial charge >= 0.3 is 0 Å². The van der Waals surface area contributed by atoms with Crippen LogP contribution < -0.4 is 11.1 Å². The molecule has 0 radical (unpaired) electrons. The smallest absolute Gasteiger partial charge is 0.246 e. The normalized spacial score (nSPS) is 17.3. The Bertz CT molecular complexity index is 199. The average molecular weight is 247 g/mol. The molecule has 0 unspecified atom stereocenters. The summed E-state index contributed by atoms with van der Waals surface area (Å²) in [7, 11) is 0. The highest BCUT2D eigenvalue weighted by atomic mass is 32.2. The highest BCUT2D eigenvalue weighted by molar-refractivity contribution is 7.99. The van der Waals surface area contributed by atoms with Gasteiger partial charge in [-0.15, -0.1) is 0 Å². The van der Waals surface area contributed by atoms with Crippen LogP contribution in [0.1, 0.15) is 0 Å². The Morgan fingerprint density at radius 1 is 1.44 bits per heavy atom. The Labute approximate surface area is 101 Å². The molecular weight excluding hydrogens is 226 g/mol. The molecule has 1 aliphatic heterocycles. The minimum absolute atomic E-state index is 0.0557. The molecule has 6 heteroatoms. The second-order valence-electron chi connectivity index (χ2n) is 3.65. The van der Waals surface area contributed by atoms with Crippen LogP contribution >= 0.6 is 11.8 Å². The van der Waals surface area contributed by atoms with Gasteiger partial charge in [0.2, 0.25) is 5.91 Å². The Morgan fingerprint density at radius 3 is 2.88 bits per heavy atom. The summed E-state index contributed by atoms with van der Waals surface area (Å²) in [5, 5.41) is 2.84. The van der Waals surface area contributed by atoms with E-state index in [4.69, 9.17) is 10.5 Å². The molecule has 1 saturated heterocycles. The van der Waals surface area contributed by atoms with Crippen molar-refractivity contribution in [3.8, 4) is 0 Å². The van der Waals surface area contributed by atoms with E-state index in [2.05, 4.69) is 10.2 Å². The first kappa shape index (κ1) is 13.8. The van der Waals surface area contributed by atoms with Crippen molar-refractivity contribution in [3.63, 3.8) is 0 Å². The summed E-state index contributed by atoms with van der Waals surface area (Å²) in [5.74, 6) is 2.35. The molecule has 0 saturated carbocycles. The molecule has 3 N–H and O–H groups in total. The summed E-state index contributed by atoms with van der Waals surface area (Å²) in [6, 6.07) is 0. The van der Waals surface area contributed by atoms with Gasteiger partial charge in [-0.3, -0.25) is 9.69 Å². The zero-order valence-electron chi connectivity index (χ0n) is 9.61. The van der Waals surface area contributed by atoms with Crippen LogP contribution in [0.25, 0.3) is 0 Å². The first-order valence-electron chi connectivity index (χ1n) is 5.67. The highest BCUT2D eigenvalue weighted by Crippen LogP contribution is 2.07. The minimum Gasteiger partial charge on any atom is -0.370 e. The molecule has 0 atom stereocenters. The maximum absolute atomic E-state index is 11.3. The van der Waals surface area contributed by atoms with Crippen molar-refractivity contribution in [2.75, 3.05) is 57.4 Å². The van der Waals surface area contributed by atoms with Crippen LogP contribution in [0.5, 0.6) is 0 Å². The number of nitrogens with zero attached hydrogens (tertiary/aromatic N) is 1. The van der Waals surface area contributed by atoms with Crippen molar-refractivity contribution in [1.82, 2.24) is 10.2 Å². The summed E-state index contributed by atoms with van der Waals surface area (Å²) in [5.41, 5.74) is 5.25. The standard InChI is InChI=1S/C10H21N3O2S/c11-1-6-15-9-10(14)12-2-3-13-4-7-16-8-5-13/h1-9,11H2,(H,12,14). The molecule has 1 rings (SSSR count). The van der Waals surface area contributed by atoms with Crippen LogP contribution in [0.3, 0.4) is 0 Å². The van der Waals surface area contributed by atoms with Gasteiger partial charge in [0, 0.05) is 44.2 Å². The van der Waals surface area contributed by atoms with Gasteiger partial charge in [0.15, 0.2) is 0 Å². The topological polar surface area (TPSA) is 67.6 Å². The Morgan fingerprint density at radius 2 is 2.19 bits per heavy atom. The second-order valence-corrected chi connectivity index (χ2v) is 4.87. The average Bonchev–Trinajstić information content (AvgIpc) is 2.31. The summed E-state index contributed by atoms with van der Waals surface area (Å²) in [6.45, 7) is 4.91. The van der Waals surface area contributed by atoms with E-state index in [1.165, 1.54) is 11.5 Å². The van der Waals surface area contributed by atoms with Crippen molar-refractivity contribution < 1.29 is 9.53 Å². The molecule has 1 heterocycles. The summed E-state index contributed by atoms with van der Waals surface area (Å²) in [4.78, 5) is 13.6. The van der Waals surface area contributed by atoms with E-state index in [0.717, 1.165) is 19.6 Å². The van der Waals surface area contributed by atoms with Gasteiger partial charge in [-0.25, -0.2) is 0 Å². The van der Waals surface area contributed by atoms with Gasteiger partial charge in [-0.2, -0.15) is 11.8 Å². The molecule has 0 aromatic rings. The quantitative estimate of drug-likeness (QED) is 0.572. The zero-order chi connectivity index (χ0) is 11.6. The maximum atomic E-state index is 11.3. The number of hydrogen-bond acceptors (Lipinski definition) is 5. The molecule has 0 bridgehead atoms. The largest absolute Gasteiger partial charge is 0.370 e. The van der Waals surface area contributed by atoms with Crippen LogP contribution in [0, 0.1) is 0 Å². The Kier molecular flexibility index (Phi) is 7.58. The molecule has 5 nitrogen and oxygen atoms in total. The van der Waals surface area contributed by atoms with E-state index in [-0.39, 0.29) is 12.5 Å². The monoisotopic (exact) mass is 247 g/mol. The molecule has 0 aromatic heterocycles. The van der Waals surface area contributed by atoms with Crippen molar-refractivity contribution in [2.24, 2.45) is 5.73 Å². The number of nitrogens with one attached hydrogen (secondary N) is 1. The van der Waals surface area contributed by atoms with Crippen LogP contribution in [0.4, 0.5) is 0 Å². The SMILES string of the molecule is NCCOCC(=O)NCCN1CCSCC1. The van der Waals surface area contributed by atoms with Gasteiger partial charge in [-0.1, -0.05) is 0 Å². The van der Waals surface area contributed by atoms with Crippen LogP contribution in [0.2, 0.25) is 0 Å². The lowest BCUT2D eigenvalue weighted by Crippen LogP contribution is -2.40. The fraction of sp³-hybridized carbons (Fsp3) is 0.900. The van der Waals surface area contributed by atoms with Crippen molar-refractivity contribution in [2.45, 2.75) is 0 Å². The fourth-order valence-electron chi connectivity index (χ4n) is 1.48. The van der Waals surface area contributed by atoms with Gasteiger partial charge in [0.25, 0.3) is 0 Å². The van der Waals surface area contributed by atoms with E-state index >= 15 is 0 Å². The third kappa shape index (κ3) is 6.32. The summed E-state index contributed by atoms with van der Waals surface area (Å²) >= 11 is 1.99. The van der Waals surface area contributed by atoms with Crippen molar-refractivity contribution in [3.05, 3.63) is 0 Å². The molecule has 1 aliphatic rings. The lowest BCUT2D eigenvalue weighted by Gasteiger charge is -2.25. The fourth-order valence-corrected chi connectivity index (χ4v) is 2.46. The number of hydrogen-bond donors (Lipinski definition) is 2. The number of amides is 1. The lowest BCUT2D eigenvalue weighted by molar-refractivity contribution is -0.125. The van der Waals surface area contributed by atoms with E-state index < -0.39 is 0 Å². The van der Waals surface area contributed by atoms with Gasteiger partial charge in [-0.05, 0) is 0 Å². The van der Waals surface area contributed by atoms with E-state index in [9.17, 15) is 4.79 Å². The van der Waals surface area contributed by atoms with Crippen LogP contribution in [0.15, 0.2) is 0 Å². The first-order chi connectivity index (χ1) is 7.83. The van der Waals surface area contributed by atoms with Crippen molar-refractivity contribution in [1.29, 1.82) is 0 Å². The molecule has 0 aromatic carbocycles. The molecule has 1 fully saturated rings. The predicted octanol–water partition coefficient (Wildman–Crippen LogP) is -0.873. The van der Waals surface area contributed by atoms with E-state index in [0.29, 0.717) is 19.7 Å². The van der Waals surface area contributed by atoms with Crippen LogP contribution in [-0.2, 0) is 9.53 Å². The molecule has 0 spiro atoms. The van der Waals surface area contributed by atoms with Gasteiger partial charge < -0.3 is 15.8 Å². The first-order valence-corrected chi connectivity index (χ1v) is 6.83. The summed E-state index contributed by atoms with van der Waals surface area (Å²) < 4.78 is 5.03. The number of rotatable bonds is 7. The third-order valence-electron chi connectivity index (χ3n) is 2.35. The maximum Gasteiger partial charge on any atom is 0.246 e. The number of nitrogens with two attached hydrogens (primary N) is 1.